The molecule has 1 aliphatic heterocycles. The first-order chi connectivity index (χ1) is 14.9. The van der Waals surface area contributed by atoms with Gasteiger partial charge in [-0.1, -0.05) is 12.1 Å². The number of aromatic nitrogens is 1. The van der Waals surface area contributed by atoms with Gasteiger partial charge in [0, 0.05) is 17.5 Å². The number of benzene rings is 1. The molecule has 1 N–H and O–H groups in total. The number of likely N-dealkylation sites (N-methyl/N-ethyl adjacent to an activating group) is 1. The molecular formula is C22H22N4O3S2. The molecule has 1 aromatic carbocycles. The van der Waals surface area contributed by atoms with E-state index in [4.69, 9.17) is 0 Å². The molecule has 160 valence electrons. The largest absolute Gasteiger partial charge is 0.335 e. The molecule has 9 heteroatoms. The predicted molar refractivity (Wildman–Crippen MR) is 120 cm³/mol. The van der Waals surface area contributed by atoms with Gasteiger partial charge in [-0.05, 0) is 49.8 Å². The van der Waals surface area contributed by atoms with Crippen molar-refractivity contribution < 1.29 is 14.4 Å². The maximum atomic E-state index is 13.3. The number of carbonyl (C=O) groups is 3. The number of carbonyl (C=O) groups excluding carboxylic acids is 3. The van der Waals surface area contributed by atoms with Crippen LogP contribution in [0.3, 0.4) is 0 Å². The van der Waals surface area contributed by atoms with Gasteiger partial charge < -0.3 is 10.2 Å². The molecule has 2 aromatic heterocycles. The number of imide groups is 1. The van der Waals surface area contributed by atoms with E-state index >= 15 is 0 Å². The van der Waals surface area contributed by atoms with Crippen LogP contribution in [0, 0.1) is 0 Å². The molecule has 3 heterocycles. The zero-order valence-electron chi connectivity index (χ0n) is 17.3. The number of rotatable bonds is 4. The molecule has 3 aromatic rings. The first-order valence-electron chi connectivity index (χ1n) is 10.2. The van der Waals surface area contributed by atoms with Crippen molar-refractivity contribution in [2.24, 2.45) is 0 Å². The van der Waals surface area contributed by atoms with Gasteiger partial charge in [0.1, 0.15) is 17.1 Å². The van der Waals surface area contributed by atoms with Gasteiger partial charge in [-0.2, -0.15) is 0 Å². The zero-order valence-corrected chi connectivity index (χ0v) is 18.9. The van der Waals surface area contributed by atoms with Crippen LogP contribution in [-0.4, -0.2) is 46.2 Å². The molecule has 4 amide bonds. The van der Waals surface area contributed by atoms with Crippen molar-refractivity contribution in [1.82, 2.24) is 20.1 Å². The lowest BCUT2D eigenvalue weighted by atomic mass is 9.80. The van der Waals surface area contributed by atoms with E-state index in [2.05, 4.69) is 10.3 Å². The van der Waals surface area contributed by atoms with Crippen LogP contribution in [0.5, 0.6) is 0 Å². The minimum absolute atomic E-state index is 0.266. The molecule has 31 heavy (non-hydrogen) atoms. The second-order valence-corrected chi connectivity index (χ2v) is 10.1. The number of amides is 4. The van der Waals surface area contributed by atoms with Crippen LogP contribution in [0.15, 0.2) is 35.7 Å². The normalized spacial score (nSPS) is 21.4. The molecule has 1 spiro atoms. The summed E-state index contributed by atoms with van der Waals surface area (Å²) < 4.78 is 1.06. The monoisotopic (exact) mass is 454 g/mol. The Morgan fingerprint density at radius 1 is 1.32 bits per heavy atom. The van der Waals surface area contributed by atoms with Crippen molar-refractivity contribution in [3.63, 3.8) is 0 Å². The highest BCUT2D eigenvalue weighted by Crippen LogP contribution is 2.42. The Morgan fingerprint density at radius 3 is 2.94 bits per heavy atom. The van der Waals surface area contributed by atoms with Gasteiger partial charge in [0.05, 0.1) is 16.3 Å². The molecule has 7 nitrogen and oxygen atoms in total. The van der Waals surface area contributed by atoms with Crippen molar-refractivity contribution in [3.8, 4) is 0 Å². The summed E-state index contributed by atoms with van der Waals surface area (Å²) in [7, 11) is 1.69. The lowest BCUT2D eigenvalue weighted by Crippen LogP contribution is -2.47. The average molecular weight is 455 g/mol. The highest BCUT2D eigenvalue weighted by molar-refractivity contribution is 7.18. The van der Waals surface area contributed by atoms with Crippen LogP contribution in [-0.2, 0) is 21.5 Å². The minimum Gasteiger partial charge on any atom is -0.335 e. The topological polar surface area (TPSA) is 82.6 Å². The van der Waals surface area contributed by atoms with E-state index in [0.29, 0.717) is 6.42 Å². The second kappa shape index (κ2) is 7.42. The summed E-state index contributed by atoms with van der Waals surface area (Å²) in [5, 5.41) is 5.67. The lowest BCUT2D eigenvalue weighted by molar-refractivity contribution is -0.139. The maximum absolute atomic E-state index is 13.3. The quantitative estimate of drug-likeness (QED) is 0.610. The highest BCUT2D eigenvalue weighted by atomic mass is 32.1. The molecule has 2 aliphatic rings. The number of thiazole rings is 1. The van der Waals surface area contributed by atoms with Gasteiger partial charge in [0.25, 0.3) is 5.91 Å². The number of urea groups is 1. The van der Waals surface area contributed by atoms with Gasteiger partial charge in [0.15, 0.2) is 0 Å². The number of fused-ring (bicyclic) bond motifs is 3. The molecule has 0 bridgehead atoms. The van der Waals surface area contributed by atoms with E-state index in [1.54, 1.807) is 34.6 Å². The molecule has 0 radical (unpaired) electrons. The predicted octanol–water partition coefficient (Wildman–Crippen LogP) is 3.66. The Kier molecular flexibility index (Phi) is 4.82. The van der Waals surface area contributed by atoms with Crippen LogP contribution >= 0.6 is 22.7 Å². The van der Waals surface area contributed by atoms with Crippen molar-refractivity contribution in [2.45, 2.75) is 37.8 Å². The number of hydrogen-bond donors (Lipinski definition) is 1. The molecule has 0 unspecified atom stereocenters. The average Bonchev–Trinajstić information content (AvgIpc) is 3.47. The lowest BCUT2D eigenvalue weighted by Gasteiger charge is -2.31. The minimum atomic E-state index is -1.03. The van der Waals surface area contributed by atoms with Crippen LogP contribution in [0.2, 0.25) is 0 Å². The van der Waals surface area contributed by atoms with Crippen LogP contribution in [0.1, 0.15) is 41.3 Å². The summed E-state index contributed by atoms with van der Waals surface area (Å²) in [6.45, 7) is 1.62. The second-order valence-electron chi connectivity index (χ2n) is 8.04. The third-order valence-electron chi connectivity index (χ3n) is 6.27. The Balaban J connectivity index is 1.34. The molecule has 1 fully saturated rings. The van der Waals surface area contributed by atoms with E-state index in [9.17, 15) is 14.4 Å². The third-order valence-corrected chi connectivity index (χ3v) is 8.46. The van der Waals surface area contributed by atoms with Gasteiger partial charge in [-0.15, -0.1) is 22.7 Å². The molecule has 1 saturated heterocycles. The first kappa shape index (κ1) is 20.1. The summed E-state index contributed by atoms with van der Waals surface area (Å²) in [4.78, 5) is 47.5. The van der Waals surface area contributed by atoms with E-state index in [1.807, 2.05) is 42.6 Å². The fourth-order valence-corrected chi connectivity index (χ4v) is 6.44. The smallest absolute Gasteiger partial charge is 0.325 e. The van der Waals surface area contributed by atoms with Crippen molar-refractivity contribution in [2.75, 3.05) is 13.6 Å². The molecule has 5 rings (SSSR count). The summed E-state index contributed by atoms with van der Waals surface area (Å²) in [5.41, 5.74) is 0.755. The fraction of sp³-hybridized carbons (Fsp3) is 0.364. The fourth-order valence-electron chi connectivity index (χ4n) is 4.38. The summed E-state index contributed by atoms with van der Waals surface area (Å²) in [6, 6.07) is 8.99. The Labute approximate surface area is 187 Å². The standard InChI is InChI=1S/C22H22N4O3S2/c1-13(19-23-15-6-3-4-7-17(15)31-19)25(2)18(27)12-26-20(28)22(24-21(26)29)10-5-8-16-14(22)9-11-30-16/h3-4,6-7,9,11,13H,5,8,10,12H2,1-2H3,(H,24,29)/t13-,22+/m0/s1. The summed E-state index contributed by atoms with van der Waals surface area (Å²) >= 11 is 3.15. The number of hydrogen-bond acceptors (Lipinski definition) is 6. The Bertz CT molecular complexity index is 1170. The van der Waals surface area contributed by atoms with Crippen LogP contribution in [0.25, 0.3) is 10.2 Å². The highest BCUT2D eigenvalue weighted by Gasteiger charge is 2.54. The summed E-state index contributed by atoms with van der Waals surface area (Å²) in [6.07, 6.45) is 2.30. The third kappa shape index (κ3) is 3.14. The van der Waals surface area contributed by atoms with Crippen LogP contribution in [0.4, 0.5) is 4.79 Å². The van der Waals surface area contributed by atoms with E-state index < -0.39 is 11.6 Å². The number of thiophene rings is 1. The Morgan fingerprint density at radius 2 is 2.13 bits per heavy atom. The zero-order chi connectivity index (χ0) is 21.8. The number of nitrogens with zero attached hydrogens (tertiary/aromatic N) is 3. The molecule has 1 aliphatic carbocycles. The van der Waals surface area contributed by atoms with Crippen molar-refractivity contribution in [3.05, 3.63) is 51.2 Å². The first-order valence-corrected chi connectivity index (χ1v) is 11.9. The number of nitrogens with one attached hydrogen (secondary N) is 1. The Hall–Kier alpha value is -2.78. The van der Waals surface area contributed by atoms with Crippen molar-refractivity contribution >= 4 is 50.7 Å². The summed E-state index contributed by atoms with van der Waals surface area (Å²) in [5.74, 6) is -0.625. The van der Waals surface area contributed by atoms with Crippen LogP contribution < -0.4 is 5.32 Å². The molecule has 2 atom stereocenters. The molecular weight excluding hydrogens is 432 g/mol. The van der Waals surface area contributed by atoms with E-state index in [-0.39, 0.29) is 24.4 Å². The SMILES string of the molecule is C[C@@H](c1nc2ccccc2s1)N(C)C(=O)CN1C(=O)N[C@@]2(CCCc3sccc32)C1=O. The van der Waals surface area contributed by atoms with E-state index in [0.717, 1.165) is 43.4 Å². The van der Waals surface area contributed by atoms with Gasteiger partial charge in [0.2, 0.25) is 5.91 Å². The van der Waals surface area contributed by atoms with E-state index in [1.165, 1.54) is 0 Å². The maximum Gasteiger partial charge on any atom is 0.325 e. The van der Waals surface area contributed by atoms with Gasteiger partial charge >= 0.3 is 6.03 Å². The molecule has 0 saturated carbocycles. The number of para-hydroxylation sites is 1. The van der Waals surface area contributed by atoms with Gasteiger partial charge in [-0.25, -0.2) is 9.78 Å². The van der Waals surface area contributed by atoms with Crippen molar-refractivity contribution in [1.29, 1.82) is 0 Å². The van der Waals surface area contributed by atoms with Gasteiger partial charge in [-0.3, -0.25) is 14.5 Å². The number of aryl methyl sites for hydroxylation is 1.